The fraction of sp³-hybridized carbons (Fsp3) is 0. The molecule has 0 unspecified atom stereocenters. The average molecular weight is 116 g/mol. The van der Waals surface area contributed by atoms with Gasteiger partial charge in [-0.25, -0.2) is 4.98 Å². The molecular weight excluding hydrogens is 114 g/mol. The van der Waals surface area contributed by atoms with Gasteiger partial charge in [0.2, 0.25) is 0 Å². The second-order valence-corrected chi connectivity index (χ2v) is 1.96. The van der Waals surface area contributed by atoms with Crippen molar-refractivity contribution in [2.45, 2.75) is 5.03 Å². The van der Waals surface area contributed by atoms with Gasteiger partial charge in [-0.1, -0.05) is 12.6 Å². The zero-order valence-corrected chi connectivity index (χ0v) is 4.55. The van der Waals surface area contributed by atoms with E-state index in [4.69, 9.17) is 0 Å². The third-order valence-corrected chi connectivity index (χ3v) is 1.37. The van der Waals surface area contributed by atoms with E-state index >= 15 is 0 Å². The lowest BCUT2D eigenvalue weighted by Crippen LogP contribution is -1.51. The van der Waals surface area contributed by atoms with Gasteiger partial charge in [-0.15, -0.1) is 11.3 Å². The van der Waals surface area contributed by atoms with E-state index < -0.39 is 0 Å². The molecule has 1 heterocycles. The molecule has 0 N–H and O–H groups in total. The fourth-order valence-electron chi connectivity index (χ4n) is 0.201. The molecule has 0 aliphatic rings. The molecule has 3 heteroatoms. The highest BCUT2D eigenvalue weighted by atomic mass is 32.1. The summed E-state index contributed by atoms with van der Waals surface area (Å²) in [6.45, 7) is 0. The average Bonchev–Trinajstić information content (AvgIpc) is 1.86. The van der Waals surface area contributed by atoms with Crippen molar-refractivity contribution < 1.29 is 0 Å². The molecule has 1 aromatic heterocycles. The highest BCUT2D eigenvalue weighted by molar-refractivity contribution is 7.80. The Labute approximate surface area is 45.4 Å². The van der Waals surface area contributed by atoms with Crippen molar-refractivity contribution in [2.75, 3.05) is 0 Å². The zero-order valence-electron chi connectivity index (χ0n) is 2.92. The van der Waals surface area contributed by atoms with Crippen LogP contribution < -0.4 is 0 Å². The highest BCUT2D eigenvalue weighted by Gasteiger charge is 1.79. The van der Waals surface area contributed by atoms with Gasteiger partial charge in [-0.2, -0.15) is 0 Å². The summed E-state index contributed by atoms with van der Waals surface area (Å²) in [6, 6.07) is 0. The van der Waals surface area contributed by atoms with E-state index in [1.807, 2.05) is 5.38 Å². The van der Waals surface area contributed by atoms with E-state index in [0.29, 0.717) is 5.03 Å². The SMILES string of the molecule is [S]c1cscn1. The second-order valence-electron chi connectivity index (χ2n) is 0.827. The van der Waals surface area contributed by atoms with E-state index in [2.05, 4.69) is 17.6 Å². The van der Waals surface area contributed by atoms with Crippen molar-refractivity contribution in [1.82, 2.24) is 4.98 Å². The molecule has 1 nitrogen and oxygen atoms in total. The molecule has 0 fully saturated rings. The Morgan fingerprint density at radius 3 is 2.83 bits per heavy atom. The Hall–Kier alpha value is -0.150. The Kier molecular flexibility index (Phi) is 1.03. The summed E-state index contributed by atoms with van der Waals surface area (Å²) in [7, 11) is 0. The molecular formula is C3H2NS2. The van der Waals surface area contributed by atoms with Gasteiger partial charge >= 0.3 is 0 Å². The summed E-state index contributed by atoms with van der Waals surface area (Å²) in [6.07, 6.45) is 0. The van der Waals surface area contributed by atoms with Gasteiger partial charge in [0.25, 0.3) is 0 Å². The van der Waals surface area contributed by atoms with Crippen LogP contribution in [0.3, 0.4) is 0 Å². The zero-order chi connectivity index (χ0) is 4.41. The fourth-order valence-corrected chi connectivity index (χ4v) is 0.900. The first-order valence-electron chi connectivity index (χ1n) is 1.45. The van der Waals surface area contributed by atoms with Gasteiger partial charge in [0, 0.05) is 5.38 Å². The van der Waals surface area contributed by atoms with Crippen LogP contribution in [-0.2, 0) is 0 Å². The molecule has 1 rings (SSSR count). The van der Waals surface area contributed by atoms with E-state index in [-0.39, 0.29) is 0 Å². The number of rotatable bonds is 0. The molecule has 0 saturated heterocycles. The molecule has 31 valence electrons. The van der Waals surface area contributed by atoms with Crippen molar-refractivity contribution in [2.24, 2.45) is 0 Å². The minimum atomic E-state index is 0.694. The van der Waals surface area contributed by atoms with Crippen molar-refractivity contribution in [3.05, 3.63) is 10.9 Å². The molecule has 0 spiro atoms. The highest BCUT2D eigenvalue weighted by Crippen LogP contribution is 2.02. The van der Waals surface area contributed by atoms with Crippen LogP contribution in [0.1, 0.15) is 0 Å². The minimum Gasteiger partial charge on any atom is -0.234 e. The third kappa shape index (κ3) is 0.666. The molecule has 0 amide bonds. The first-order chi connectivity index (χ1) is 2.89. The van der Waals surface area contributed by atoms with E-state index in [0.717, 1.165) is 0 Å². The first kappa shape index (κ1) is 4.02. The van der Waals surface area contributed by atoms with Crippen LogP contribution >= 0.6 is 24.0 Å². The van der Waals surface area contributed by atoms with Crippen LogP contribution in [0.15, 0.2) is 15.9 Å². The largest absolute Gasteiger partial charge is 0.234 e. The predicted octanol–water partition coefficient (Wildman–Crippen LogP) is 1.70. The third-order valence-electron chi connectivity index (χ3n) is 0.410. The van der Waals surface area contributed by atoms with E-state index in [9.17, 15) is 0 Å². The van der Waals surface area contributed by atoms with Crippen molar-refractivity contribution in [3.63, 3.8) is 0 Å². The standard InChI is InChI=1S/C3H2NS2/c5-3-1-6-2-4-3/h1-2H. The summed E-state index contributed by atoms with van der Waals surface area (Å²) in [5, 5.41) is 2.52. The number of hydrogen-bond acceptors (Lipinski definition) is 2. The second kappa shape index (κ2) is 1.53. The Morgan fingerprint density at radius 2 is 2.67 bits per heavy atom. The Bertz CT molecular complexity index is 112. The summed E-state index contributed by atoms with van der Waals surface area (Å²) < 4.78 is 0. The van der Waals surface area contributed by atoms with Gasteiger partial charge in [-0.05, 0) is 0 Å². The number of hydrogen-bond donors (Lipinski definition) is 0. The maximum absolute atomic E-state index is 4.64. The lowest BCUT2D eigenvalue weighted by Gasteiger charge is -1.61. The molecule has 6 heavy (non-hydrogen) atoms. The molecule has 0 aliphatic carbocycles. The van der Waals surface area contributed by atoms with Crippen LogP contribution in [0.25, 0.3) is 0 Å². The molecule has 0 aromatic carbocycles. The maximum Gasteiger partial charge on any atom is 0.137 e. The Morgan fingerprint density at radius 1 is 1.83 bits per heavy atom. The quantitative estimate of drug-likeness (QED) is 0.502. The molecule has 0 atom stereocenters. The lowest BCUT2D eigenvalue weighted by molar-refractivity contribution is 1.22. The molecule has 0 aliphatic heterocycles. The van der Waals surface area contributed by atoms with Crippen molar-refractivity contribution in [1.29, 1.82) is 0 Å². The van der Waals surface area contributed by atoms with Crippen LogP contribution in [0.2, 0.25) is 0 Å². The van der Waals surface area contributed by atoms with Gasteiger partial charge < -0.3 is 0 Å². The molecule has 1 radical (unpaired) electrons. The van der Waals surface area contributed by atoms with Crippen LogP contribution in [0.4, 0.5) is 0 Å². The topological polar surface area (TPSA) is 12.9 Å². The minimum absolute atomic E-state index is 0.694. The summed E-state index contributed by atoms with van der Waals surface area (Å²) in [5.74, 6) is 0. The van der Waals surface area contributed by atoms with Crippen molar-refractivity contribution in [3.8, 4) is 0 Å². The van der Waals surface area contributed by atoms with E-state index in [1.165, 1.54) is 11.3 Å². The maximum atomic E-state index is 4.64. The molecule has 0 saturated carbocycles. The summed E-state index contributed by atoms with van der Waals surface area (Å²) in [4.78, 5) is 3.75. The Balaban J connectivity index is 3.05. The van der Waals surface area contributed by atoms with Gasteiger partial charge in [0.05, 0.1) is 5.51 Å². The smallest absolute Gasteiger partial charge is 0.137 e. The number of aromatic nitrogens is 1. The van der Waals surface area contributed by atoms with Gasteiger partial charge in [-0.3, -0.25) is 0 Å². The summed E-state index contributed by atoms with van der Waals surface area (Å²) in [5.41, 5.74) is 1.72. The van der Waals surface area contributed by atoms with Crippen LogP contribution in [0, 0.1) is 0 Å². The predicted molar refractivity (Wildman–Crippen MR) is 28.0 cm³/mol. The van der Waals surface area contributed by atoms with Crippen molar-refractivity contribution >= 4 is 24.0 Å². The van der Waals surface area contributed by atoms with Crippen LogP contribution in [-0.4, -0.2) is 4.98 Å². The van der Waals surface area contributed by atoms with Gasteiger partial charge in [0.1, 0.15) is 5.03 Å². The number of nitrogens with zero attached hydrogens (tertiary/aromatic N) is 1. The summed E-state index contributed by atoms with van der Waals surface area (Å²) >= 11 is 6.17. The van der Waals surface area contributed by atoms with Gasteiger partial charge in [0.15, 0.2) is 0 Å². The van der Waals surface area contributed by atoms with Crippen LogP contribution in [0.5, 0.6) is 0 Å². The molecule has 0 bridgehead atoms. The number of thiazole rings is 1. The van der Waals surface area contributed by atoms with E-state index in [1.54, 1.807) is 5.51 Å². The normalized spacial score (nSPS) is 8.67. The lowest BCUT2D eigenvalue weighted by atomic mass is 11.0. The molecule has 1 aromatic rings. The first-order valence-corrected chi connectivity index (χ1v) is 2.80. The monoisotopic (exact) mass is 116 g/mol.